The maximum Gasteiger partial charge on any atom is 0.317 e. The van der Waals surface area contributed by atoms with Crippen LogP contribution in [0.3, 0.4) is 0 Å². The predicted octanol–water partition coefficient (Wildman–Crippen LogP) is 1.31. The molecular weight excluding hydrogens is 318 g/mol. The van der Waals surface area contributed by atoms with Crippen LogP contribution in [0.4, 0.5) is 10.7 Å². The molecule has 1 aromatic carbocycles. The second-order valence-corrected chi connectivity index (χ2v) is 6.26. The maximum absolute atomic E-state index is 12.4. The molecule has 1 aromatic heterocycles. The minimum absolute atomic E-state index is 0.0142. The van der Waals surface area contributed by atoms with Crippen LogP contribution in [0, 0.1) is 0 Å². The van der Waals surface area contributed by atoms with Crippen molar-refractivity contribution in [2.45, 2.75) is 12.5 Å². The molecule has 1 saturated heterocycles. The lowest BCUT2D eigenvalue weighted by atomic mass is 10.1. The second kappa shape index (κ2) is 6.96. The SMILES string of the molecule is O=C(NC[C@@H]1Cc2ccccc2O1)N1CCN(c2ncccn2)CC1. The van der Waals surface area contributed by atoms with E-state index in [2.05, 4.69) is 26.3 Å². The molecule has 7 nitrogen and oxygen atoms in total. The van der Waals surface area contributed by atoms with E-state index in [1.807, 2.05) is 23.1 Å². The number of fused-ring (bicyclic) bond motifs is 1. The number of benzene rings is 1. The van der Waals surface area contributed by atoms with Crippen molar-refractivity contribution < 1.29 is 9.53 Å². The van der Waals surface area contributed by atoms with Gasteiger partial charge in [0.05, 0.1) is 6.54 Å². The quantitative estimate of drug-likeness (QED) is 0.913. The van der Waals surface area contributed by atoms with Gasteiger partial charge in [-0.3, -0.25) is 0 Å². The van der Waals surface area contributed by atoms with Gasteiger partial charge in [-0.1, -0.05) is 18.2 Å². The summed E-state index contributed by atoms with van der Waals surface area (Å²) in [5, 5.41) is 3.00. The van der Waals surface area contributed by atoms with E-state index in [9.17, 15) is 4.79 Å². The van der Waals surface area contributed by atoms with E-state index in [1.165, 1.54) is 5.56 Å². The van der Waals surface area contributed by atoms with Gasteiger partial charge in [-0.05, 0) is 17.7 Å². The zero-order valence-corrected chi connectivity index (χ0v) is 14.0. The Kier molecular flexibility index (Phi) is 4.37. The van der Waals surface area contributed by atoms with E-state index in [4.69, 9.17) is 4.74 Å². The number of amides is 2. The van der Waals surface area contributed by atoms with Crippen molar-refractivity contribution in [3.05, 3.63) is 48.3 Å². The van der Waals surface area contributed by atoms with Crippen LogP contribution in [-0.4, -0.2) is 59.7 Å². The van der Waals surface area contributed by atoms with Gasteiger partial charge in [-0.15, -0.1) is 0 Å². The zero-order chi connectivity index (χ0) is 17.1. The minimum atomic E-state index is -0.0341. The lowest BCUT2D eigenvalue weighted by molar-refractivity contribution is 0.181. The molecule has 130 valence electrons. The van der Waals surface area contributed by atoms with Gasteiger partial charge in [0.1, 0.15) is 11.9 Å². The van der Waals surface area contributed by atoms with E-state index in [1.54, 1.807) is 18.5 Å². The first-order valence-corrected chi connectivity index (χ1v) is 8.59. The number of piperazine rings is 1. The van der Waals surface area contributed by atoms with E-state index in [0.717, 1.165) is 31.2 Å². The summed E-state index contributed by atoms with van der Waals surface area (Å²) in [4.78, 5) is 24.8. The number of carbonyl (C=O) groups excluding carboxylic acids is 1. The molecule has 1 fully saturated rings. The van der Waals surface area contributed by atoms with Crippen molar-refractivity contribution in [2.24, 2.45) is 0 Å². The van der Waals surface area contributed by atoms with Crippen molar-refractivity contribution in [3.8, 4) is 5.75 Å². The van der Waals surface area contributed by atoms with Crippen LogP contribution in [0.15, 0.2) is 42.7 Å². The van der Waals surface area contributed by atoms with Crippen molar-refractivity contribution in [1.82, 2.24) is 20.2 Å². The highest BCUT2D eigenvalue weighted by Crippen LogP contribution is 2.27. The topological polar surface area (TPSA) is 70.6 Å². The maximum atomic E-state index is 12.4. The smallest absolute Gasteiger partial charge is 0.317 e. The standard InChI is InChI=1S/C18H21N5O2/c24-18(21-13-15-12-14-4-1-2-5-16(14)25-15)23-10-8-22(9-11-23)17-19-6-3-7-20-17/h1-7,15H,8-13H2,(H,21,24)/t15-/m0/s1. The molecule has 0 radical (unpaired) electrons. The number of hydrogen-bond acceptors (Lipinski definition) is 5. The number of nitrogens with one attached hydrogen (secondary N) is 1. The van der Waals surface area contributed by atoms with Crippen molar-refractivity contribution in [1.29, 1.82) is 0 Å². The van der Waals surface area contributed by atoms with Crippen molar-refractivity contribution in [2.75, 3.05) is 37.6 Å². The summed E-state index contributed by atoms with van der Waals surface area (Å²) in [5.41, 5.74) is 1.21. The fourth-order valence-corrected chi connectivity index (χ4v) is 3.24. The lowest BCUT2D eigenvalue weighted by Crippen LogP contribution is -2.53. The molecule has 2 aromatic rings. The molecule has 25 heavy (non-hydrogen) atoms. The summed E-state index contributed by atoms with van der Waals surface area (Å²) >= 11 is 0. The molecule has 0 aliphatic carbocycles. The summed E-state index contributed by atoms with van der Waals surface area (Å²) in [5.74, 6) is 1.65. The number of anilines is 1. The Morgan fingerprint density at radius 1 is 1.12 bits per heavy atom. The molecule has 0 spiro atoms. The number of nitrogens with zero attached hydrogens (tertiary/aromatic N) is 4. The van der Waals surface area contributed by atoms with Gasteiger partial charge in [-0.25, -0.2) is 14.8 Å². The number of para-hydroxylation sites is 1. The van der Waals surface area contributed by atoms with Crippen LogP contribution in [0.25, 0.3) is 0 Å². The summed E-state index contributed by atoms with van der Waals surface area (Å²) in [7, 11) is 0. The number of hydrogen-bond donors (Lipinski definition) is 1. The van der Waals surface area contributed by atoms with Crippen LogP contribution >= 0.6 is 0 Å². The van der Waals surface area contributed by atoms with E-state index >= 15 is 0 Å². The first kappa shape index (κ1) is 15.7. The summed E-state index contributed by atoms with van der Waals surface area (Å²) < 4.78 is 5.86. The van der Waals surface area contributed by atoms with Gasteiger partial charge in [-0.2, -0.15) is 0 Å². The highest BCUT2D eigenvalue weighted by Gasteiger charge is 2.25. The third-order valence-corrected chi connectivity index (χ3v) is 4.60. The third kappa shape index (κ3) is 3.50. The normalized spacial score (nSPS) is 19.3. The Morgan fingerprint density at radius 2 is 1.88 bits per heavy atom. The van der Waals surface area contributed by atoms with Gasteiger partial charge in [0.2, 0.25) is 5.95 Å². The molecule has 2 aliphatic heterocycles. The largest absolute Gasteiger partial charge is 0.488 e. The molecule has 0 unspecified atom stereocenters. The number of aromatic nitrogens is 2. The minimum Gasteiger partial charge on any atom is -0.488 e. The van der Waals surface area contributed by atoms with Gasteiger partial charge >= 0.3 is 6.03 Å². The van der Waals surface area contributed by atoms with Crippen LogP contribution in [0.1, 0.15) is 5.56 Å². The first-order valence-electron chi connectivity index (χ1n) is 8.59. The fourth-order valence-electron chi connectivity index (χ4n) is 3.24. The Bertz CT molecular complexity index is 706. The Labute approximate surface area is 146 Å². The van der Waals surface area contributed by atoms with Gasteiger partial charge in [0.15, 0.2) is 0 Å². The van der Waals surface area contributed by atoms with Crippen molar-refractivity contribution in [3.63, 3.8) is 0 Å². The molecule has 2 amide bonds. The van der Waals surface area contributed by atoms with Crippen LogP contribution in [-0.2, 0) is 6.42 Å². The van der Waals surface area contributed by atoms with Crippen LogP contribution in [0.2, 0.25) is 0 Å². The number of carbonyl (C=O) groups is 1. The monoisotopic (exact) mass is 339 g/mol. The van der Waals surface area contributed by atoms with Crippen LogP contribution in [0.5, 0.6) is 5.75 Å². The number of ether oxygens (including phenoxy) is 1. The van der Waals surface area contributed by atoms with Gasteiger partial charge in [0, 0.05) is 45.0 Å². The molecular formula is C18H21N5O2. The first-order chi connectivity index (χ1) is 12.3. The van der Waals surface area contributed by atoms with E-state index in [0.29, 0.717) is 19.6 Å². The highest BCUT2D eigenvalue weighted by atomic mass is 16.5. The highest BCUT2D eigenvalue weighted by molar-refractivity contribution is 5.74. The average Bonchev–Trinajstić information content (AvgIpc) is 3.10. The molecule has 7 heteroatoms. The van der Waals surface area contributed by atoms with Gasteiger partial charge in [0.25, 0.3) is 0 Å². The Balaban J connectivity index is 1.24. The number of urea groups is 1. The fraction of sp³-hybridized carbons (Fsp3) is 0.389. The van der Waals surface area contributed by atoms with E-state index in [-0.39, 0.29) is 12.1 Å². The third-order valence-electron chi connectivity index (χ3n) is 4.60. The molecule has 3 heterocycles. The van der Waals surface area contributed by atoms with Gasteiger partial charge < -0.3 is 19.9 Å². The number of rotatable bonds is 3. The summed E-state index contributed by atoms with van der Waals surface area (Å²) in [6, 6.07) is 9.79. The summed E-state index contributed by atoms with van der Waals surface area (Å²) in [6.07, 6.45) is 4.33. The Morgan fingerprint density at radius 3 is 2.64 bits per heavy atom. The summed E-state index contributed by atoms with van der Waals surface area (Å²) in [6.45, 7) is 3.33. The zero-order valence-electron chi connectivity index (χ0n) is 14.0. The second-order valence-electron chi connectivity index (χ2n) is 6.26. The van der Waals surface area contributed by atoms with Crippen LogP contribution < -0.4 is 15.0 Å². The average molecular weight is 339 g/mol. The lowest BCUT2D eigenvalue weighted by Gasteiger charge is -2.34. The molecule has 0 saturated carbocycles. The predicted molar refractivity (Wildman–Crippen MR) is 93.8 cm³/mol. The molecule has 1 atom stereocenters. The molecule has 0 bridgehead atoms. The molecule has 2 aliphatic rings. The Hall–Kier alpha value is -2.83. The molecule has 4 rings (SSSR count). The van der Waals surface area contributed by atoms with Crippen molar-refractivity contribution >= 4 is 12.0 Å². The van der Waals surface area contributed by atoms with E-state index < -0.39 is 0 Å². The molecule has 1 N–H and O–H groups in total.